The Hall–Kier alpha value is -3.45. The largest absolute Gasteiger partial charge is 0.450 e. The third kappa shape index (κ3) is 3.82. The number of hydrogen-bond donors (Lipinski definition) is 2. The lowest BCUT2D eigenvalue weighted by Crippen LogP contribution is -2.50. The fourth-order valence-electron chi connectivity index (χ4n) is 5.93. The van der Waals surface area contributed by atoms with Gasteiger partial charge in [-0.05, 0) is 37.1 Å². The molecule has 3 aliphatic rings. The summed E-state index contributed by atoms with van der Waals surface area (Å²) in [7, 11) is 0. The van der Waals surface area contributed by atoms with E-state index in [2.05, 4.69) is 17.2 Å². The zero-order valence-electron chi connectivity index (χ0n) is 20.1. The van der Waals surface area contributed by atoms with Gasteiger partial charge in [0.15, 0.2) is 5.76 Å². The minimum absolute atomic E-state index is 0.00734. The van der Waals surface area contributed by atoms with Gasteiger partial charge in [-0.2, -0.15) is 0 Å². The Morgan fingerprint density at radius 2 is 1.61 bits per heavy atom. The van der Waals surface area contributed by atoms with Crippen molar-refractivity contribution >= 4 is 40.1 Å². The number of nitrogens with zero attached hydrogens (tertiary/aromatic N) is 2. The van der Waals surface area contributed by atoms with E-state index in [-0.39, 0.29) is 17.4 Å². The van der Waals surface area contributed by atoms with E-state index in [1.165, 1.54) is 6.42 Å². The van der Waals surface area contributed by atoms with Gasteiger partial charge in [-0.1, -0.05) is 55.6 Å². The Bertz CT molecular complexity index is 1350. The molecule has 36 heavy (non-hydrogen) atoms. The molecular formula is C28H29ClN4O3. The fraction of sp³-hybridized carbons (Fsp3) is 0.357. The standard InChI is InChI=1S/C28H29ClN4O3/c1-18-30-24-21(29)16-20-17-22(36-25(20)23(24)28(31-18)10-6-3-7-11-28)27(35)33-14-12-32(13-15-33)26(34)19-8-4-2-5-9-19/h2,4-5,8-9,16-17,30-31H,1,3,6-7,10-15H2. The van der Waals surface area contributed by atoms with Crippen molar-refractivity contribution in [2.24, 2.45) is 0 Å². The minimum atomic E-state index is -0.305. The lowest BCUT2D eigenvalue weighted by atomic mass is 9.74. The van der Waals surface area contributed by atoms with Gasteiger partial charge in [-0.25, -0.2) is 0 Å². The molecule has 2 amide bonds. The highest BCUT2D eigenvalue weighted by Gasteiger charge is 2.42. The first-order valence-electron chi connectivity index (χ1n) is 12.6. The summed E-state index contributed by atoms with van der Waals surface area (Å²) in [5.74, 6) is 0.859. The summed E-state index contributed by atoms with van der Waals surface area (Å²) in [6.07, 6.45) is 5.32. The number of anilines is 1. The zero-order chi connectivity index (χ0) is 24.9. The number of fused-ring (bicyclic) bond motifs is 4. The number of piperazine rings is 1. The summed E-state index contributed by atoms with van der Waals surface area (Å²) in [4.78, 5) is 29.8. The molecule has 2 aliphatic heterocycles. The number of rotatable bonds is 2. The molecule has 0 unspecified atom stereocenters. The molecule has 6 rings (SSSR count). The average molecular weight is 505 g/mol. The Balaban J connectivity index is 1.27. The van der Waals surface area contributed by atoms with Crippen molar-refractivity contribution in [1.82, 2.24) is 15.1 Å². The molecule has 0 bridgehead atoms. The van der Waals surface area contributed by atoms with Crippen LogP contribution >= 0.6 is 11.6 Å². The zero-order valence-corrected chi connectivity index (χ0v) is 20.9. The average Bonchev–Trinajstić information content (AvgIpc) is 3.32. The van der Waals surface area contributed by atoms with Crippen molar-refractivity contribution < 1.29 is 14.0 Å². The van der Waals surface area contributed by atoms with Crippen LogP contribution in [-0.4, -0.2) is 47.8 Å². The highest BCUT2D eigenvalue weighted by Crippen LogP contribution is 2.49. The van der Waals surface area contributed by atoms with Gasteiger partial charge in [0.25, 0.3) is 11.8 Å². The molecule has 3 aromatic rings. The van der Waals surface area contributed by atoms with E-state index in [0.717, 1.165) is 48.1 Å². The van der Waals surface area contributed by atoms with Crippen molar-refractivity contribution in [3.63, 3.8) is 0 Å². The molecule has 0 atom stereocenters. The van der Waals surface area contributed by atoms with Gasteiger partial charge < -0.3 is 24.9 Å². The van der Waals surface area contributed by atoms with E-state index in [4.69, 9.17) is 16.0 Å². The number of benzene rings is 2. The van der Waals surface area contributed by atoms with Crippen molar-refractivity contribution in [2.45, 2.75) is 37.6 Å². The number of hydrogen-bond acceptors (Lipinski definition) is 5. The first-order chi connectivity index (χ1) is 17.4. The number of amides is 2. The van der Waals surface area contributed by atoms with E-state index in [1.54, 1.807) is 15.9 Å². The SMILES string of the molecule is C=C1Nc2c(Cl)cc3cc(C(=O)N4CCN(C(=O)c5ccccc5)CC4)oc3c2C2(CCCCC2)N1. The molecule has 1 saturated heterocycles. The predicted octanol–water partition coefficient (Wildman–Crippen LogP) is 5.33. The highest BCUT2D eigenvalue weighted by atomic mass is 35.5. The number of carbonyl (C=O) groups excluding carboxylic acids is 2. The van der Waals surface area contributed by atoms with Crippen LogP contribution in [0.25, 0.3) is 11.0 Å². The van der Waals surface area contributed by atoms with Crippen LogP contribution in [0.2, 0.25) is 5.02 Å². The molecule has 1 aliphatic carbocycles. The van der Waals surface area contributed by atoms with Crippen LogP contribution in [-0.2, 0) is 5.54 Å². The number of carbonyl (C=O) groups is 2. The van der Waals surface area contributed by atoms with E-state index >= 15 is 0 Å². The lowest BCUT2D eigenvalue weighted by molar-refractivity contribution is 0.0519. The molecule has 3 heterocycles. The van der Waals surface area contributed by atoms with Gasteiger partial charge in [0.05, 0.1) is 22.1 Å². The second-order valence-corrected chi connectivity index (χ2v) is 10.4. The summed E-state index contributed by atoms with van der Waals surface area (Å²) in [5.41, 5.74) is 2.87. The normalized spacial score (nSPS) is 19.1. The molecule has 1 spiro atoms. The fourth-order valence-corrected chi connectivity index (χ4v) is 6.19. The monoisotopic (exact) mass is 504 g/mol. The third-order valence-corrected chi connectivity index (χ3v) is 7.99. The summed E-state index contributed by atoms with van der Waals surface area (Å²) in [6, 6.07) is 12.9. The van der Waals surface area contributed by atoms with Gasteiger partial charge in [-0.15, -0.1) is 0 Å². The second kappa shape index (κ2) is 8.89. The topological polar surface area (TPSA) is 77.8 Å². The molecule has 1 aromatic heterocycles. The van der Waals surface area contributed by atoms with E-state index in [1.807, 2.05) is 36.4 Å². The maximum Gasteiger partial charge on any atom is 0.289 e. The smallest absolute Gasteiger partial charge is 0.289 e. The van der Waals surface area contributed by atoms with Crippen LogP contribution in [0.1, 0.15) is 58.6 Å². The van der Waals surface area contributed by atoms with Gasteiger partial charge in [0.2, 0.25) is 0 Å². The first-order valence-corrected chi connectivity index (χ1v) is 13.0. The quantitative estimate of drug-likeness (QED) is 0.493. The van der Waals surface area contributed by atoms with Crippen LogP contribution in [0.5, 0.6) is 0 Å². The summed E-state index contributed by atoms with van der Waals surface area (Å²) < 4.78 is 6.30. The van der Waals surface area contributed by atoms with Gasteiger partial charge in [0.1, 0.15) is 5.58 Å². The van der Waals surface area contributed by atoms with Gasteiger partial charge >= 0.3 is 0 Å². The van der Waals surface area contributed by atoms with Gasteiger partial charge in [-0.3, -0.25) is 9.59 Å². The summed E-state index contributed by atoms with van der Waals surface area (Å²) in [6.45, 7) is 6.01. The van der Waals surface area contributed by atoms with E-state index < -0.39 is 0 Å². The van der Waals surface area contributed by atoms with Crippen molar-refractivity contribution in [1.29, 1.82) is 0 Å². The van der Waals surface area contributed by atoms with E-state index in [9.17, 15) is 9.59 Å². The molecule has 2 fully saturated rings. The Morgan fingerprint density at radius 1 is 0.944 bits per heavy atom. The van der Waals surface area contributed by atoms with E-state index in [0.29, 0.717) is 48.1 Å². The Kier molecular flexibility index (Phi) is 5.67. The molecule has 2 N–H and O–H groups in total. The molecule has 1 saturated carbocycles. The molecular weight excluding hydrogens is 476 g/mol. The van der Waals surface area contributed by atoms with Crippen molar-refractivity contribution in [2.75, 3.05) is 31.5 Å². The predicted molar refractivity (Wildman–Crippen MR) is 140 cm³/mol. The second-order valence-electron chi connectivity index (χ2n) is 9.96. The molecule has 186 valence electrons. The Labute approximate surface area is 215 Å². The first kappa shape index (κ1) is 23.0. The molecule has 8 heteroatoms. The molecule has 2 aromatic carbocycles. The third-order valence-electron chi connectivity index (χ3n) is 7.70. The minimum Gasteiger partial charge on any atom is -0.450 e. The van der Waals surface area contributed by atoms with Crippen LogP contribution in [0.3, 0.4) is 0 Å². The highest BCUT2D eigenvalue weighted by molar-refractivity contribution is 6.34. The van der Waals surface area contributed by atoms with Crippen LogP contribution in [0.15, 0.2) is 59.3 Å². The van der Waals surface area contributed by atoms with Crippen LogP contribution in [0.4, 0.5) is 5.69 Å². The summed E-state index contributed by atoms with van der Waals surface area (Å²) >= 11 is 6.72. The number of furan rings is 1. The summed E-state index contributed by atoms with van der Waals surface area (Å²) in [5, 5.41) is 8.29. The lowest BCUT2D eigenvalue weighted by Gasteiger charge is -2.44. The molecule has 7 nitrogen and oxygen atoms in total. The molecule has 0 radical (unpaired) electrons. The van der Waals surface area contributed by atoms with Crippen LogP contribution in [0, 0.1) is 0 Å². The maximum atomic E-state index is 13.4. The van der Waals surface area contributed by atoms with Crippen molar-refractivity contribution in [3.8, 4) is 0 Å². The van der Waals surface area contributed by atoms with Crippen LogP contribution < -0.4 is 10.6 Å². The number of nitrogens with one attached hydrogen (secondary N) is 2. The Morgan fingerprint density at radius 3 is 2.31 bits per heavy atom. The van der Waals surface area contributed by atoms with Crippen molar-refractivity contribution in [3.05, 3.63) is 76.8 Å². The maximum absolute atomic E-state index is 13.4. The number of halogens is 1. The van der Waals surface area contributed by atoms with Gasteiger partial charge in [0, 0.05) is 42.7 Å².